The van der Waals surface area contributed by atoms with E-state index in [0.717, 1.165) is 15.9 Å². The monoisotopic (exact) mass is 250 g/mol. The van der Waals surface area contributed by atoms with Crippen molar-refractivity contribution >= 4 is 15.9 Å². The molecule has 3 heteroatoms. The van der Waals surface area contributed by atoms with Crippen molar-refractivity contribution in [2.24, 2.45) is 7.05 Å². The van der Waals surface area contributed by atoms with Gasteiger partial charge in [-0.2, -0.15) is 5.10 Å². The summed E-state index contributed by atoms with van der Waals surface area (Å²) >= 11 is 3.55. The highest BCUT2D eigenvalue weighted by atomic mass is 79.9. The van der Waals surface area contributed by atoms with Gasteiger partial charge in [-0.1, -0.05) is 30.3 Å². The number of rotatable bonds is 1. The van der Waals surface area contributed by atoms with Crippen LogP contribution in [0.25, 0.3) is 11.3 Å². The molecule has 2 nitrogen and oxygen atoms in total. The number of halogens is 1. The quantitative estimate of drug-likeness (QED) is 0.761. The minimum Gasteiger partial charge on any atom is -0.266 e. The van der Waals surface area contributed by atoms with Gasteiger partial charge in [0.2, 0.25) is 0 Å². The molecule has 0 amide bonds. The van der Waals surface area contributed by atoms with E-state index in [1.807, 2.05) is 36.9 Å². The molecule has 0 spiro atoms. The Morgan fingerprint density at radius 2 is 1.86 bits per heavy atom. The first-order valence-corrected chi connectivity index (χ1v) is 5.24. The number of nitrogens with zero attached hydrogens (tertiary/aromatic N) is 2. The summed E-state index contributed by atoms with van der Waals surface area (Å²) in [5.41, 5.74) is 3.33. The Morgan fingerprint density at radius 1 is 1.21 bits per heavy atom. The fraction of sp³-hybridized carbons (Fsp3) is 0.182. The minimum absolute atomic E-state index is 1.02. The Labute approximate surface area is 91.7 Å². The molecular formula is C11H11BrN2. The zero-order valence-electron chi connectivity index (χ0n) is 8.16. The lowest BCUT2D eigenvalue weighted by Gasteiger charge is -2.01. The van der Waals surface area contributed by atoms with Gasteiger partial charge in [-0.15, -0.1) is 0 Å². The Bertz CT molecular complexity index is 446. The zero-order valence-corrected chi connectivity index (χ0v) is 9.75. The molecule has 2 aromatic rings. The van der Waals surface area contributed by atoms with Crippen LogP contribution in [0.1, 0.15) is 5.69 Å². The summed E-state index contributed by atoms with van der Waals surface area (Å²) in [4.78, 5) is 0. The lowest BCUT2D eigenvalue weighted by atomic mass is 10.1. The van der Waals surface area contributed by atoms with Gasteiger partial charge in [0.15, 0.2) is 0 Å². The van der Waals surface area contributed by atoms with Gasteiger partial charge in [0, 0.05) is 12.6 Å². The van der Waals surface area contributed by atoms with E-state index >= 15 is 0 Å². The van der Waals surface area contributed by atoms with Crippen LogP contribution in [0.3, 0.4) is 0 Å². The highest BCUT2D eigenvalue weighted by molar-refractivity contribution is 9.10. The molecule has 2 rings (SSSR count). The number of aryl methyl sites for hydroxylation is 2. The highest BCUT2D eigenvalue weighted by Crippen LogP contribution is 2.29. The Balaban J connectivity index is 2.62. The number of aromatic nitrogens is 2. The number of hydrogen-bond donors (Lipinski definition) is 0. The first-order valence-electron chi connectivity index (χ1n) is 4.44. The van der Waals surface area contributed by atoms with E-state index in [2.05, 4.69) is 33.2 Å². The van der Waals surface area contributed by atoms with E-state index in [-0.39, 0.29) is 0 Å². The van der Waals surface area contributed by atoms with Gasteiger partial charge in [-0.05, 0) is 22.9 Å². The predicted molar refractivity (Wildman–Crippen MR) is 61.1 cm³/mol. The summed E-state index contributed by atoms with van der Waals surface area (Å²) in [6.07, 6.45) is 0. The summed E-state index contributed by atoms with van der Waals surface area (Å²) in [5, 5.41) is 4.36. The van der Waals surface area contributed by atoms with Gasteiger partial charge in [0.05, 0.1) is 15.9 Å². The van der Waals surface area contributed by atoms with Crippen molar-refractivity contribution in [1.29, 1.82) is 0 Å². The maximum Gasteiger partial charge on any atom is 0.0824 e. The normalized spacial score (nSPS) is 10.5. The van der Waals surface area contributed by atoms with Crippen LogP contribution < -0.4 is 0 Å². The maximum absolute atomic E-state index is 4.36. The van der Waals surface area contributed by atoms with Crippen molar-refractivity contribution in [2.75, 3.05) is 0 Å². The van der Waals surface area contributed by atoms with E-state index in [4.69, 9.17) is 0 Å². The van der Waals surface area contributed by atoms with Crippen molar-refractivity contribution in [1.82, 2.24) is 9.78 Å². The largest absolute Gasteiger partial charge is 0.266 e. The van der Waals surface area contributed by atoms with Crippen molar-refractivity contribution in [2.45, 2.75) is 6.92 Å². The average molecular weight is 251 g/mol. The average Bonchev–Trinajstić information content (AvgIpc) is 2.43. The van der Waals surface area contributed by atoms with Crippen LogP contribution in [0.5, 0.6) is 0 Å². The molecule has 0 fully saturated rings. The molecule has 0 aliphatic heterocycles. The van der Waals surface area contributed by atoms with Crippen molar-refractivity contribution in [3.8, 4) is 11.3 Å². The molecule has 0 aliphatic rings. The molecule has 1 aromatic heterocycles. The number of benzene rings is 1. The molecule has 1 aromatic carbocycles. The van der Waals surface area contributed by atoms with Crippen molar-refractivity contribution in [3.63, 3.8) is 0 Å². The molecule has 0 bridgehead atoms. The smallest absolute Gasteiger partial charge is 0.0824 e. The lowest BCUT2D eigenvalue weighted by molar-refractivity contribution is 0.764. The summed E-state index contributed by atoms with van der Waals surface area (Å²) in [5.74, 6) is 0. The zero-order chi connectivity index (χ0) is 10.1. The summed E-state index contributed by atoms with van der Waals surface area (Å²) in [6.45, 7) is 2.00. The van der Waals surface area contributed by atoms with E-state index in [0.29, 0.717) is 0 Å². The molecule has 0 N–H and O–H groups in total. The van der Waals surface area contributed by atoms with Crippen LogP contribution in [0.4, 0.5) is 0 Å². The summed E-state index contributed by atoms with van der Waals surface area (Å²) in [6, 6.07) is 10.2. The molecule has 1 heterocycles. The van der Waals surface area contributed by atoms with Gasteiger partial charge < -0.3 is 0 Å². The van der Waals surface area contributed by atoms with Crippen LogP contribution in [0.2, 0.25) is 0 Å². The van der Waals surface area contributed by atoms with E-state index in [1.165, 1.54) is 5.56 Å². The lowest BCUT2D eigenvalue weighted by Crippen LogP contribution is -1.93. The standard InChI is InChI=1S/C11H11BrN2/c1-8-10(12)11(14(2)13-8)9-6-4-3-5-7-9/h3-7H,1-2H3. The predicted octanol–water partition coefficient (Wildman–Crippen LogP) is 3.16. The van der Waals surface area contributed by atoms with Crippen LogP contribution in [0, 0.1) is 6.92 Å². The molecule has 0 atom stereocenters. The van der Waals surface area contributed by atoms with E-state index in [9.17, 15) is 0 Å². The second kappa shape index (κ2) is 3.58. The molecular weight excluding hydrogens is 240 g/mol. The van der Waals surface area contributed by atoms with Gasteiger partial charge in [-0.25, -0.2) is 0 Å². The highest BCUT2D eigenvalue weighted by Gasteiger charge is 2.11. The Hall–Kier alpha value is -1.09. The fourth-order valence-corrected chi connectivity index (χ4v) is 2.11. The van der Waals surface area contributed by atoms with Crippen molar-refractivity contribution < 1.29 is 0 Å². The van der Waals surface area contributed by atoms with Crippen LogP contribution in [-0.2, 0) is 7.05 Å². The summed E-state index contributed by atoms with van der Waals surface area (Å²) < 4.78 is 2.97. The van der Waals surface area contributed by atoms with Crippen LogP contribution in [-0.4, -0.2) is 9.78 Å². The number of hydrogen-bond acceptors (Lipinski definition) is 1. The molecule has 14 heavy (non-hydrogen) atoms. The fourth-order valence-electron chi connectivity index (χ4n) is 1.54. The van der Waals surface area contributed by atoms with Gasteiger partial charge in [0.1, 0.15) is 0 Å². The van der Waals surface area contributed by atoms with Gasteiger partial charge >= 0.3 is 0 Å². The summed E-state index contributed by atoms with van der Waals surface area (Å²) in [7, 11) is 1.96. The van der Waals surface area contributed by atoms with Crippen LogP contribution >= 0.6 is 15.9 Å². The van der Waals surface area contributed by atoms with Crippen molar-refractivity contribution in [3.05, 3.63) is 40.5 Å². The topological polar surface area (TPSA) is 17.8 Å². The Kier molecular flexibility index (Phi) is 2.42. The molecule has 0 aliphatic carbocycles. The SMILES string of the molecule is Cc1nn(C)c(-c2ccccc2)c1Br. The second-order valence-corrected chi connectivity index (χ2v) is 4.03. The second-order valence-electron chi connectivity index (χ2n) is 3.24. The molecule has 72 valence electrons. The Morgan fingerprint density at radius 3 is 2.36 bits per heavy atom. The molecule has 0 saturated carbocycles. The maximum atomic E-state index is 4.36. The molecule has 0 saturated heterocycles. The third kappa shape index (κ3) is 1.48. The van der Waals surface area contributed by atoms with Gasteiger partial charge in [-0.3, -0.25) is 4.68 Å². The van der Waals surface area contributed by atoms with Crippen LogP contribution in [0.15, 0.2) is 34.8 Å². The first-order chi connectivity index (χ1) is 6.70. The van der Waals surface area contributed by atoms with E-state index in [1.54, 1.807) is 0 Å². The third-order valence-electron chi connectivity index (χ3n) is 2.20. The molecule has 0 unspecified atom stereocenters. The van der Waals surface area contributed by atoms with E-state index < -0.39 is 0 Å². The third-order valence-corrected chi connectivity index (χ3v) is 3.15. The minimum atomic E-state index is 1.02. The molecule has 0 radical (unpaired) electrons. The first kappa shape index (κ1) is 9.46. The van der Waals surface area contributed by atoms with Gasteiger partial charge in [0.25, 0.3) is 0 Å².